The normalized spacial score (nSPS) is 10.7. The minimum absolute atomic E-state index is 0.0113. The second kappa shape index (κ2) is 8.02. The van der Waals surface area contributed by atoms with Crippen molar-refractivity contribution in [3.63, 3.8) is 0 Å². The molecule has 122 valence electrons. The van der Waals surface area contributed by atoms with Gasteiger partial charge in [0.2, 0.25) is 5.91 Å². The van der Waals surface area contributed by atoms with Crippen molar-refractivity contribution in [1.29, 1.82) is 0 Å². The van der Waals surface area contributed by atoms with E-state index in [-0.39, 0.29) is 5.91 Å². The first-order valence-electron chi connectivity index (χ1n) is 7.86. The van der Waals surface area contributed by atoms with Gasteiger partial charge in [0.05, 0.1) is 0 Å². The van der Waals surface area contributed by atoms with Crippen LogP contribution in [0.4, 0.5) is 11.4 Å². The number of hydrogen-bond donors (Lipinski definition) is 2. The highest BCUT2D eigenvalue weighted by Gasteiger charge is 2.09. The average Bonchev–Trinajstić information content (AvgIpc) is 2.50. The van der Waals surface area contributed by atoms with Crippen molar-refractivity contribution in [3.8, 4) is 0 Å². The average molecular weight is 331 g/mol. The summed E-state index contributed by atoms with van der Waals surface area (Å²) in [5, 5.41) is 7.00. The minimum atomic E-state index is 0.0113. The molecule has 0 radical (unpaired) electrons. The molecule has 0 unspecified atom stereocenters. The molecule has 2 N–H and O–H groups in total. The van der Waals surface area contributed by atoms with Crippen molar-refractivity contribution < 1.29 is 4.79 Å². The molecule has 1 amide bonds. The third-order valence-corrected chi connectivity index (χ3v) is 3.95. The number of amides is 1. The predicted molar refractivity (Wildman–Crippen MR) is 98.5 cm³/mol. The van der Waals surface area contributed by atoms with Gasteiger partial charge < -0.3 is 10.6 Å². The maximum Gasteiger partial charge on any atom is 0.226 e. The molecule has 0 atom stereocenters. The zero-order valence-electron chi connectivity index (χ0n) is 13.8. The number of anilines is 2. The van der Waals surface area contributed by atoms with Gasteiger partial charge >= 0.3 is 0 Å². The summed E-state index contributed by atoms with van der Waals surface area (Å²) in [4.78, 5) is 12.1. The first kappa shape index (κ1) is 17.4. The maximum absolute atomic E-state index is 12.1. The number of hydrogen-bond acceptors (Lipinski definition) is 2. The molecule has 3 nitrogen and oxygen atoms in total. The Hall–Kier alpha value is -2.00. The highest BCUT2D eigenvalue weighted by molar-refractivity contribution is 6.30. The number of carbonyl (C=O) groups is 1. The van der Waals surface area contributed by atoms with Crippen molar-refractivity contribution in [1.82, 2.24) is 0 Å². The fraction of sp³-hybridized carbons (Fsp3) is 0.316. The van der Waals surface area contributed by atoms with Crippen LogP contribution in [0.25, 0.3) is 0 Å². The Balaban J connectivity index is 1.88. The van der Waals surface area contributed by atoms with Crippen LogP contribution in [0.15, 0.2) is 42.5 Å². The lowest BCUT2D eigenvalue weighted by Crippen LogP contribution is -2.17. The molecule has 0 spiro atoms. The van der Waals surface area contributed by atoms with Gasteiger partial charge in [-0.2, -0.15) is 0 Å². The number of aryl methyl sites for hydroxylation is 1. The van der Waals surface area contributed by atoms with E-state index in [9.17, 15) is 4.79 Å². The molecule has 0 aliphatic rings. The van der Waals surface area contributed by atoms with Crippen LogP contribution < -0.4 is 10.6 Å². The van der Waals surface area contributed by atoms with Crippen molar-refractivity contribution >= 4 is 28.9 Å². The van der Waals surface area contributed by atoms with Crippen LogP contribution in [0.2, 0.25) is 5.02 Å². The first-order valence-corrected chi connectivity index (χ1v) is 8.24. The standard InChI is InChI=1S/C19H23ClN2O/c1-13(2)16-6-4-5-7-18(16)22-19(23)10-11-21-17-9-8-15(20)12-14(17)3/h4-9,12-13,21H,10-11H2,1-3H3,(H,22,23). The summed E-state index contributed by atoms with van der Waals surface area (Å²) in [6, 6.07) is 13.6. The molecule has 0 saturated carbocycles. The van der Waals surface area contributed by atoms with Gasteiger partial charge in [0.15, 0.2) is 0 Å². The van der Waals surface area contributed by atoms with Gasteiger partial charge in [0, 0.05) is 29.4 Å². The molecule has 23 heavy (non-hydrogen) atoms. The molecule has 0 bridgehead atoms. The third-order valence-electron chi connectivity index (χ3n) is 3.71. The van der Waals surface area contributed by atoms with E-state index >= 15 is 0 Å². The van der Waals surface area contributed by atoms with Gasteiger partial charge in [0.25, 0.3) is 0 Å². The Labute approximate surface area is 143 Å². The second-order valence-corrected chi connectivity index (χ2v) is 6.36. The number of halogens is 1. The molecule has 0 aliphatic carbocycles. The minimum Gasteiger partial charge on any atom is -0.384 e. The molecule has 2 rings (SSSR count). The Morgan fingerprint density at radius 1 is 1.13 bits per heavy atom. The summed E-state index contributed by atoms with van der Waals surface area (Å²) < 4.78 is 0. The van der Waals surface area contributed by atoms with E-state index in [1.54, 1.807) is 0 Å². The summed E-state index contributed by atoms with van der Waals surface area (Å²) in [5.41, 5.74) is 4.13. The van der Waals surface area contributed by atoms with E-state index in [2.05, 4.69) is 30.5 Å². The van der Waals surface area contributed by atoms with Crippen LogP contribution in [0.3, 0.4) is 0 Å². The van der Waals surface area contributed by atoms with Crippen molar-refractivity contribution in [2.75, 3.05) is 17.2 Å². The summed E-state index contributed by atoms with van der Waals surface area (Å²) in [6.07, 6.45) is 0.411. The van der Waals surface area contributed by atoms with Crippen molar-refractivity contribution in [2.45, 2.75) is 33.1 Å². The molecule has 0 saturated heterocycles. The highest BCUT2D eigenvalue weighted by atomic mass is 35.5. The Morgan fingerprint density at radius 3 is 2.57 bits per heavy atom. The molecule has 0 heterocycles. The molecular formula is C19H23ClN2O. The Kier molecular flexibility index (Phi) is 6.05. The van der Waals surface area contributed by atoms with E-state index in [1.165, 1.54) is 0 Å². The zero-order valence-corrected chi connectivity index (χ0v) is 14.6. The lowest BCUT2D eigenvalue weighted by molar-refractivity contribution is -0.115. The monoisotopic (exact) mass is 330 g/mol. The molecule has 2 aromatic carbocycles. The topological polar surface area (TPSA) is 41.1 Å². The third kappa shape index (κ3) is 5.00. The lowest BCUT2D eigenvalue weighted by atomic mass is 10.0. The fourth-order valence-corrected chi connectivity index (χ4v) is 2.69. The highest BCUT2D eigenvalue weighted by Crippen LogP contribution is 2.24. The summed E-state index contributed by atoms with van der Waals surface area (Å²) in [5.74, 6) is 0.388. The molecular weight excluding hydrogens is 308 g/mol. The molecule has 2 aromatic rings. The smallest absolute Gasteiger partial charge is 0.226 e. The first-order chi connectivity index (χ1) is 11.0. The number of carbonyl (C=O) groups excluding carboxylic acids is 1. The van der Waals surface area contributed by atoms with Crippen LogP contribution in [0.1, 0.15) is 37.3 Å². The summed E-state index contributed by atoms with van der Waals surface area (Å²) in [6.45, 7) is 6.82. The van der Waals surface area contributed by atoms with E-state index in [4.69, 9.17) is 11.6 Å². The van der Waals surface area contributed by atoms with E-state index in [1.807, 2.05) is 43.3 Å². The number of rotatable bonds is 6. The molecule has 0 aromatic heterocycles. The second-order valence-electron chi connectivity index (χ2n) is 5.93. The molecule has 4 heteroatoms. The van der Waals surface area contributed by atoms with Gasteiger partial charge in [-0.05, 0) is 48.2 Å². The fourth-order valence-electron chi connectivity index (χ4n) is 2.46. The maximum atomic E-state index is 12.1. The number of nitrogens with one attached hydrogen (secondary N) is 2. The number of benzene rings is 2. The van der Waals surface area contributed by atoms with Crippen LogP contribution in [0.5, 0.6) is 0 Å². The molecule has 0 aliphatic heterocycles. The van der Waals surface area contributed by atoms with Crippen molar-refractivity contribution in [3.05, 3.63) is 58.6 Å². The summed E-state index contributed by atoms with van der Waals surface area (Å²) in [7, 11) is 0. The van der Waals surface area contributed by atoms with Crippen LogP contribution in [0, 0.1) is 6.92 Å². The number of para-hydroxylation sites is 1. The van der Waals surface area contributed by atoms with Crippen molar-refractivity contribution in [2.24, 2.45) is 0 Å². The van der Waals surface area contributed by atoms with E-state index < -0.39 is 0 Å². The SMILES string of the molecule is Cc1cc(Cl)ccc1NCCC(=O)Nc1ccccc1C(C)C. The van der Waals surface area contributed by atoms with Gasteiger partial charge in [-0.1, -0.05) is 43.6 Å². The zero-order chi connectivity index (χ0) is 16.8. The van der Waals surface area contributed by atoms with E-state index in [0.717, 1.165) is 27.5 Å². The van der Waals surface area contributed by atoms with Gasteiger partial charge in [0.1, 0.15) is 0 Å². The Morgan fingerprint density at radius 2 is 1.87 bits per heavy atom. The quantitative estimate of drug-likeness (QED) is 0.763. The molecule has 0 fully saturated rings. The van der Waals surface area contributed by atoms with E-state index in [0.29, 0.717) is 18.9 Å². The van der Waals surface area contributed by atoms with Gasteiger partial charge in [-0.15, -0.1) is 0 Å². The van der Waals surface area contributed by atoms with Crippen LogP contribution in [-0.2, 0) is 4.79 Å². The predicted octanol–water partition coefficient (Wildman–Crippen LogP) is 5.21. The lowest BCUT2D eigenvalue weighted by Gasteiger charge is -2.14. The van der Waals surface area contributed by atoms with Crippen LogP contribution >= 0.6 is 11.6 Å². The van der Waals surface area contributed by atoms with Gasteiger partial charge in [-0.3, -0.25) is 4.79 Å². The van der Waals surface area contributed by atoms with Gasteiger partial charge in [-0.25, -0.2) is 0 Å². The summed E-state index contributed by atoms with van der Waals surface area (Å²) >= 11 is 5.94. The largest absolute Gasteiger partial charge is 0.384 e. The Bertz CT molecular complexity index is 683. The van der Waals surface area contributed by atoms with Crippen LogP contribution in [-0.4, -0.2) is 12.5 Å².